The van der Waals surface area contributed by atoms with Crippen molar-refractivity contribution >= 4 is 0 Å². The minimum absolute atomic E-state index is 0.111. The topological polar surface area (TPSA) is 33.1 Å². The Labute approximate surface area is 110 Å². The third-order valence-corrected chi connectivity index (χ3v) is 3.46. The Bertz CT molecular complexity index is 383. The largest absolute Gasteiger partial charge is 0.275 e. The van der Waals surface area contributed by atoms with E-state index in [-0.39, 0.29) is 5.41 Å². The van der Waals surface area contributed by atoms with E-state index in [2.05, 4.69) is 42.5 Å². The second-order valence-electron chi connectivity index (χ2n) is 6.31. The molecule has 1 aromatic heterocycles. The highest BCUT2D eigenvalue weighted by Crippen LogP contribution is 2.24. The van der Waals surface area contributed by atoms with Gasteiger partial charge < -0.3 is 0 Å². The molecule has 0 bridgehead atoms. The molecule has 1 fully saturated rings. The minimum Gasteiger partial charge on any atom is -0.275 e. The quantitative estimate of drug-likeness (QED) is 0.893. The summed E-state index contributed by atoms with van der Waals surface area (Å²) in [5.74, 6) is 0. The summed E-state index contributed by atoms with van der Waals surface area (Å²) in [6.07, 6.45) is 6.13. The lowest BCUT2D eigenvalue weighted by atomic mass is 9.89. The lowest BCUT2D eigenvalue weighted by molar-refractivity contribution is 0.151. The molecule has 1 saturated heterocycles. The zero-order chi connectivity index (χ0) is 13.2. The predicted molar refractivity (Wildman–Crippen MR) is 74.2 cm³/mol. The van der Waals surface area contributed by atoms with Crippen LogP contribution in [0, 0.1) is 0 Å². The fourth-order valence-corrected chi connectivity index (χ4v) is 2.55. The summed E-state index contributed by atoms with van der Waals surface area (Å²) >= 11 is 0. The smallest absolute Gasteiger partial charge is 0.0723 e. The van der Waals surface area contributed by atoms with Crippen LogP contribution in [0.1, 0.15) is 51.3 Å². The first-order chi connectivity index (χ1) is 8.47. The molecule has 4 nitrogen and oxygen atoms in total. The molecule has 0 unspecified atom stereocenters. The first-order valence-electron chi connectivity index (χ1n) is 6.98. The van der Waals surface area contributed by atoms with Gasteiger partial charge in [-0.1, -0.05) is 27.2 Å². The normalized spacial score (nSPS) is 18.2. The molecule has 4 heteroatoms. The molecule has 0 radical (unpaired) electrons. The van der Waals surface area contributed by atoms with E-state index in [0.717, 1.165) is 6.54 Å². The van der Waals surface area contributed by atoms with Gasteiger partial charge in [-0.3, -0.25) is 10.1 Å². The van der Waals surface area contributed by atoms with E-state index in [4.69, 9.17) is 0 Å². The number of nitrogens with one attached hydrogen (secondary N) is 1. The van der Waals surface area contributed by atoms with Gasteiger partial charge >= 0.3 is 0 Å². The Balaban J connectivity index is 2.00. The molecule has 0 aliphatic carbocycles. The van der Waals surface area contributed by atoms with Crippen molar-refractivity contribution in [3.05, 3.63) is 17.5 Å². The second-order valence-corrected chi connectivity index (χ2v) is 6.31. The molecule has 0 saturated carbocycles. The summed E-state index contributed by atoms with van der Waals surface area (Å²) in [6.45, 7) is 9.90. The lowest BCUT2D eigenvalue weighted by Crippen LogP contribution is -2.41. The summed E-state index contributed by atoms with van der Waals surface area (Å²) in [6, 6.07) is 0. The summed E-state index contributed by atoms with van der Waals surface area (Å²) < 4.78 is 1.92. The van der Waals surface area contributed by atoms with Crippen molar-refractivity contribution in [1.29, 1.82) is 0 Å². The summed E-state index contributed by atoms with van der Waals surface area (Å²) in [5.41, 5.74) is 6.17. The Hall–Kier alpha value is -0.870. The number of aryl methyl sites for hydroxylation is 1. The van der Waals surface area contributed by atoms with Crippen LogP contribution in [-0.2, 0) is 19.0 Å². The highest BCUT2D eigenvalue weighted by atomic mass is 15.5. The molecule has 1 aromatic rings. The molecule has 18 heavy (non-hydrogen) atoms. The standard InChI is InChI=1S/C14H26N4/c1-14(2,3)13-12(11-17(4)16-13)10-15-18-8-6-5-7-9-18/h11,15H,5-10H2,1-4H3. The van der Waals surface area contributed by atoms with Gasteiger partial charge in [-0.25, -0.2) is 5.01 Å². The van der Waals surface area contributed by atoms with E-state index >= 15 is 0 Å². The van der Waals surface area contributed by atoms with Crippen molar-refractivity contribution in [2.45, 2.75) is 52.0 Å². The molecule has 1 aliphatic rings. The van der Waals surface area contributed by atoms with Gasteiger partial charge in [0.1, 0.15) is 0 Å². The molecule has 0 spiro atoms. The average Bonchev–Trinajstić information content (AvgIpc) is 2.69. The van der Waals surface area contributed by atoms with Crippen LogP contribution in [0.2, 0.25) is 0 Å². The van der Waals surface area contributed by atoms with Crippen molar-refractivity contribution in [3.8, 4) is 0 Å². The maximum absolute atomic E-state index is 4.60. The Morgan fingerprint density at radius 3 is 2.50 bits per heavy atom. The minimum atomic E-state index is 0.111. The molecular formula is C14H26N4. The van der Waals surface area contributed by atoms with E-state index in [1.54, 1.807) is 0 Å². The maximum Gasteiger partial charge on any atom is 0.0723 e. The highest BCUT2D eigenvalue weighted by molar-refractivity contribution is 5.23. The Morgan fingerprint density at radius 2 is 1.89 bits per heavy atom. The van der Waals surface area contributed by atoms with E-state index in [9.17, 15) is 0 Å². The van der Waals surface area contributed by atoms with Gasteiger partial charge in [-0.05, 0) is 12.8 Å². The van der Waals surface area contributed by atoms with Crippen LogP contribution in [0.4, 0.5) is 0 Å². The van der Waals surface area contributed by atoms with E-state index in [0.29, 0.717) is 0 Å². The average molecular weight is 250 g/mol. The summed E-state index contributed by atoms with van der Waals surface area (Å²) in [4.78, 5) is 0. The number of piperidine rings is 1. The van der Waals surface area contributed by atoms with Crippen molar-refractivity contribution in [1.82, 2.24) is 20.2 Å². The molecule has 0 aromatic carbocycles. The fraction of sp³-hybridized carbons (Fsp3) is 0.786. The number of aromatic nitrogens is 2. The zero-order valence-electron chi connectivity index (χ0n) is 12.2. The predicted octanol–water partition coefficient (Wildman–Crippen LogP) is 2.21. The van der Waals surface area contributed by atoms with E-state index < -0.39 is 0 Å². The molecular weight excluding hydrogens is 224 g/mol. The van der Waals surface area contributed by atoms with Gasteiger partial charge in [-0.15, -0.1) is 0 Å². The molecule has 1 N–H and O–H groups in total. The van der Waals surface area contributed by atoms with E-state index in [1.807, 2.05) is 11.7 Å². The summed E-state index contributed by atoms with van der Waals surface area (Å²) in [7, 11) is 2.00. The van der Waals surface area contributed by atoms with Gasteiger partial charge in [0.25, 0.3) is 0 Å². The van der Waals surface area contributed by atoms with Crippen LogP contribution in [0.15, 0.2) is 6.20 Å². The van der Waals surface area contributed by atoms with Gasteiger partial charge in [0, 0.05) is 43.9 Å². The molecule has 0 atom stereocenters. The third kappa shape index (κ3) is 3.33. The van der Waals surface area contributed by atoms with Crippen LogP contribution in [0.5, 0.6) is 0 Å². The number of nitrogens with zero attached hydrogens (tertiary/aromatic N) is 3. The first-order valence-corrected chi connectivity index (χ1v) is 6.98. The van der Waals surface area contributed by atoms with Gasteiger partial charge in [0.05, 0.1) is 5.69 Å². The van der Waals surface area contributed by atoms with Crippen LogP contribution >= 0.6 is 0 Å². The highest BCUT2D eigenvalue weighted by Gasteiger charge is 2.22. The zero-order valence-corrected chi connectivity index (χ0v) is 12.2. The molecule has 0 amide bonds. The van der Waals surface area contributed by atoms with Crippen LogP contribution in [-0.4, -0.2) is 27.9 Å². The molecule has 2 heterocycles. The Kier molecular flexibility index (Phi) is 4.07. The second kappa shape index (κ2) is 5.41. The van der Waals surface area contributed by atoms with Gasteiger partial charge in [0.15, 0.2) is 0 Å². The van der Waals surface area contributed by atoms with Crippen molar-refractivity contribution < 1.29 is 0 Å². The number of hydrogen-bond donors (Lipinski definition) is 1. The van der Waals surface area contributed by atoms with E-state index in [1.165, 1.54) is 43.6 Å². The molecule has 102 valence electrons. The van der Waals surface area contributed by atoms with Gasteiger partial charge in [0.2, 0.25) is 0 Å². The van der Waals surface area contributed by atoms with Crippen molar-refractivity contribution in [3.63, 3.8) is 0 Å². The Morgan fingerprint density at radius 1 is 1.22 bits per heavy atom. The third-order valence-electron chi connectivity index (χ3n) is 3.46. The van der Waals surface area contributed by atoms with Crippen molar-refractivity contribution in [2.24, 2.45) is 7.05 Å². The van der Waals surface area contributed by atoms with Crippen molar-refractivity contribution in [2.75, 3.05) is 13.1 Å². The summed E-state index contributed by atoms with van der Waals surface area (Å²) in [5, 5.41) is 6.95. The van der Waals surface area contributed by atoms with Crippen LogP contribution < -0.4 is 5.43 Å². The number of rotatable bonds is 3. The fourth-order valence-electron chi connectivity index (χ4n) is 2.55. The number of hydrazine groups is 1. The molecule has 1 aliphatic heterocycles. The van der Waals surface area contributed by atoms with Crippen LogP contribution in [0.25, 0.3) is 0 Å². The molecule has 2 rings (SSSR count). The SMILES string of the molecule is Cn1cc(CNN2CCCCC2)c(C(C)(C)C)n1. The monoisotopic (exact) mass is 250 g/mol. The van der Waals surface area contributed by atoms with Crippen LogP contribution in [0.3, 0.4) is 0 Å². The number of hydrogen-bond acceptors (Lipinski definition) is 3. The lowest BCUT2D eigenvalue weighted by Gasteiger charge is -2.27. The van der Waals surface area contributed by atoms with Gasteiger partial charge in [-0.2, -0.15) is 5.10 Å². The maximum atomic E-state index is 4.60. The first kappa shape index (κ1) is 13.6.